The van der Waals surface area contributed by atoms with Gasteiger partial charge in [-0.15, -0.1) is 0 Å². The molecule has 31 heavy (non-hydrogen) atoms. The van der Waals surface area contributed by atoms with Crippen LogP contribution in [0.25, 0.3) is 5.57 Å². The van der Waals surface area contributed by atoms with E-state index in [0.29, 0.717) is 24.0 Å². The SMILES string of the molecule is C=CN=C1NC(=O)OC(CC)/C1=C(/C)c1cc(C(C)(C)O)cc(N2CCN[C@@H](C)C2)n1. The number of ether oxygens (including phenoxy) is 1. The number of pyridine rings is 1. The fourth-order valence-corrected chi connectivity index (χ4v) is 3.94. The molecule has 3 rings (SSSR count). The van der Waals surface area contributed by atoms with Crippen molar-refractivity contribution in [1.29, 1.82) is 0 Å². The second-order valence-corrected chi connectivity index (χ2v) is 8.59. The van der Waals surface area contributed by atoms with Gasteiger partial charge < -0.3 is 20.1 Å². The molecule has 1 amide bonds. The standard InChI is InChI=1S/C23H33N5O3/c1-7-18-20(21(24-8-2)27-22(29)31-18)15(4)17-11-16(23(5,6)30)12-19(26-17)28-10-9-25-14(3)13-28/h8,11-12,14,18,25,30H,2,7,9-10,13H2,1,3-6H3,(H,24,27,29)/b20-15+/t14-,18?/m0/s1. The molecule has 3 heterocycles. The van der Waals surface area contributed by atoms with Crippen molar-refractivity contribution in [2.75, 3.05) is 24.5 Å². The Hall–Kier alpha value is -2.71. The van der Waals surface area contributed by atoms with Crippen molar-refractivity contribution < 1.29 is 14.6 Å². The monoisotopic (exact) mass is 427 g/mol. The number of aliphatic hydroxyl groups is 1. The minimum Gasteiger partial charge on any atom is -0.441 e. The predicted molar refractivity (Wildman–Crippen MR) is 123 cm³/mol. The van der Waals surface area contributed by atoms with Crippen LogP contribution in [0.4, 0.5) is 10.6 Å². The van der Waals surface area contributed by atoms with Crippen LogP contribution in [0.15, 0.2) is 35.5 Å². The van der Waals surface area contributed by atoms with Crippen LogP contribution < -0.4 is 15.5 Å². The molecule has 1 aromatic rings. The minimum atomic E-state index is -1.03. The summed E-state index contributed by atoms with van der Waals surface area (Å²) in [6.45, 7) is 15.8. The van der Waals surface area contributed by atoms with E-state index in [1.165, 1.54) is 6.20 Å². The Balaban J connectivity index is 2.16. The summed E-state index contributed by atoms with van der Waals surface area (Å²) in [5.74, 6) is 1.24. The van der Waals surface area contributed by atoms with Crippen LogP contribution in [-0.2, 0) is 10.3 Å². The quantitative estimate of drug-likeness (QED) is 0.668. The summed E-state index contributed by atoms with van der Waals surface area (Å²) in [6.07, 6.45) is 1.03. The Morgan fingerprint density at radius 3 is 2.84 bits per heavy atom. The van der Waals surface area contributed by atoms with E-state index in [2.05, 4.69) is 34.0 Å². The third-order valence-corrected chi connectivity index (χ3v) is 5.64. The highest BCUT2D eigenvalue weighted by atomic mass is 16.6. The number of piperazine rings is 1. The highest BCUT2D eigenvalue weighted by Gasteiger charge is 2.32. The predicted octanol–water partition coefficient (Wildman–Crippen LogP) is 2.94. The number of hydrogen-bond donors (Lipinski definition) is 3. The number of anilines is 1. The third-order valence-electron chi connectivity index (χ3n) is 5.64. The number of hydrogen-bond acceptors (Lipinski definition) is 7. The topological polar surface area (TPSA) is 99.1 Å². The Kier molecular flexibility index (Phi) is 6.81. The normalized spacial score (nSPS) is 25.2. The van der Waals surface area contributed by atoms with Gasteiger partial charge in [0, 0.05) is 37.4 Å². The number of aromatic nitrogens is 1. The molecule has 0 bridgehead atoms. The molecule has 2 aliphatic heterocycles. The van der Waals surface area contributed by atoms with E-state index in [1.54, 1.807) is 13.8 Å². The number of alkyl carbamates (subject to hydrolysis) is 1. The van der Waals surface area contributed by atoms with Gasteiger partial charge in [0.2, 0.25) is 0 Å². The Morgan fingerprint density at radius 1 is 1.48 bits per heavy atom. The number of cyclic esters (lactones) is 1. The molecule has 1 unspecified atom stereocenters. The second kappa shape index (κ2) is 9.20. The lowest BCUT2D eigenvalue weighted by atomic mass is 9.93. The van der Waals surface area contributed by atoms with Gasteiger partial charge in [0.1, 0.15) is 17.8 Å². The van der Waals surface area contributed by atoms with Crippen molar-refractivity contribution in [3.05, 3.63) is 41.7 Å². The van der Waals surface area contributed by atoms with E-state index >= 15 is 0 Å². The van der Waals surface area contributed by atoms with Crippen molar-refractivity contribution in [1.82, 2.24) is 15.6 Å². The molecule has 0 aliphatic carbocycles. The number of carbonyl (C=O) groups is 1. The molecular weight excluding hydrogens is 394 g/mol. The number of aliphatic imine (C=N–C) groups is 1. The molecule has 8 heteroatoms. The first-order valence-electron chi connectivity index (χ1n) is 10.7. The average molecular weight is 428 g/mol. The summed E-state index contributed by atoms with van der Waals surface area (Å²) in [4.78, 5) is 23.4. The van der Waals surface area contributed by atoms with Crippen LogP contribution in [0.5, 0.6) is 0 Å². The fraction of sp³-hybridized carbons (Fsp3) is 0.522. The van der Waals surface area contributed by atoms with Crippen LogP contribution in [-0.4, -0.2) is 53.8 Å². The van der Waals surface area contributed by atoms with Gasteiger partial charge in [0.15, 0.2) is 0 Å². The van der Waals surface area contributed by atoms with E-state index < -0.39 is 17.8 Å². The Morgan fingerprint density at radius 2 is 2.23 bits per heavy atom. The minimum absolute atomic E-state index is 0.349. The van der Waals surface area contributed by atoms with Crippen molar-refractivity contribution in [2.45, 2.75) is 58.8 Å². The third kappa shape index (κ3) is 5.14. The summed E-state index contributed by atoms with van der Waals surface area (Å²) in [5.41, 5.74) is 2.06. The average Bonchev–Trinajstić information content (AvgIpc) is 2.72. The molecule has 3 N–H and O–H groups in total. The zero-order chi connectivity index (χ0) is 22.8. The zero-order valence-corrected chi connectivity index (χ0v) is 19.0. The van der Waals surface area contributed by atoms with Crippen molar-refractivity contribution in [3.8, 4) is 0 Å². The molecule has 1 aromatic heterocycles. The molecule has 8 nitrogen and oxygen atoms in total. The largest absolute Gasteiger partial charge is 0.441 e. The highest BCUT2D eigenvalue weighted by molar-refractivity contribution is 6.13. The van der Waals surface area contributed by atoms with E-state index in [9.17, 15) is 9.90 Å². The maximum Gasteiger partial charge on any atom is 0.413 e. The molecule has 0 radical (unpaired) electrons. The van der Waals surface area contributed by atoms with E-state index in [0.717, 1.165) is 42.2 Å². The maximum absolute atomic E-state index is 12.0. The van der Waals surface area contributed by atoms with Crippen molar-refractivity contribution >= 4 is 23.3 Å². The summed E-state index contributed by atoms with van der Waals surface area (Å²) in [5, 5.41) is 16.9. The van der Waals surface area contributed by atoms with Gasteiger partial charge in [-0.2, -0.15) is 0 Å². The number of amides is 1. The van der Waals surface area contributed by atoms with Gasteiger partial charge >= 0.3 is 6.09 Å². The first-order chi connectivity index (χ1) is 14.6. The number of amidine groups is 1. The molecule has 2 saturated heterocycles. The van der Waals surface area contributed by atoms with Crippen LogP contribution in [0.2, 0.25) is 0 Å². The van der Waals surface area contributed by atoms with Gasteiger partial charge in [-0.3, -0.25) is 5.32 Å². The van der Waals surface area contributed by atoms with E-state index in [4.69, 9.17) is 9.72 Å². The van der Waals surface area contributed by atoms with Crippen LogP contribution in [0, 0.1) is 0 Å². The highest BCUT2D eigenvalue weighted by Crippen LogP contribution is 2.31. The van der Waals surface area contributed by atoms with Gasteiger partial charge in [-0.1, -0.05) is 13.5 Å². The fourth-order valence-electron chi connectivity index (χ4n) is 3.94. The lowest BCUT2D eigenvalue weighted by molar-refractivity contribution is 0.0785. The molecule has 168 valence electrons. The van der Waals surface area contributed by atoms with Crippen molar-refractivity contribution in [3.63, 3.8) is 0 Å². The molecular formula is C23H33N5O3. The Labute approximate surface area is 184 Å². The van der Waals surface area contributed by atoms with Gasteiger partial charge in [-0.05, 0) is 57.4 Å². The number of nitrogens with zero attached hydrogens (tertiary/aromatic N) is 3. The van der Waals surface area contributed by atoms with Gasteiger partial charge in [0.05, 0.1) is 11.3 Å². The van der Waals surface area contributed by atoms with Gasteiger partial charge in [0.25, 0.3) is 0 Å². The number of allylic oxidation sites excluding steroid dienone is 1. The van der Waals surface area contributed by atoms with Crippen LogP contribution in [0.1, 0.15) is 52.3 Å². The van der Waals surface area contributed by atoms with Gasteiger partial charge in [-0.25, -0.2) is 14.8 Å². The van der Waals surface area contributed by atoms with Crippen LogP contribution in [0.3, 0.4) is 0 Å². The summed E-state index contributed by atoms with van der Waals surface area (Å²) < 4.78 is 5.51. The molecule has 0 aromatic carbocycles. The molecule has 0 spiro atoms. The molecule has 2 fully saturated rings. The molecule has 2 aliphatic rings. The second-order valence-electron chi connectivity index (χ2n) is 8.59. The lowest BCUT2D eigenvalue weighted by Gasteiger charge is -2.34. The van der Waals surface area contributed by atoms with Crippen molar-refractivity contribution in [2.24, 2.45) is 4.99 Å². The summed E-state index contributed by atoms with van der Waals surface area (Å²) in [7, 11) is 0. The Bertz CT molecular complexity index is 916. The first-order valence-corrected chi connectivity index (χ1v) is 10.7. The zero-order valence-electron chi connectivity index (χ0n) is 19.0. The smallest absolute Gasteiger partial charge is 0.413 e. The molecule has 2 atom stereocenters. The first kappa shape index (κ1) is 23.0. The number of rotatable bonds is 5. The van der Waals surface area contributed by atoms with E-state index in [-0.39, 0.29) is 0 Å². The molecule has 0 saturated carbocycles. The number of carbonyl (C=O) groups excluding carboxylic acids is 1. The van der Waals surface area contributed by atoms with Crippen LogP contribution >= 0.6 is 0 Å². The number of nitrogens with one attached hydrogen (secondary N) is 2. The maximum atomic E-state index is 12.0. The lowest BCUT2D eigenvalue weighted by Crippen LogP contribution is -2.49. The van der Waals surface area contributed by atoms with E-state index in [1.807, 2.05) is 26.0 Å². The summed E-state index contributed by atoms with van der Waals surface area (Å²) in [6, 6.07) is 4.20. The summed E-state index contributed by atoms with van der Waals surface area (Å²) >= 11 is 0.